The van der Waals surface area contributed by atoms with Gasteiger partial charge in [-0.25, -0.2) is 4.99 Å². The molecule has 0 spiro atoms. The standard InChI is InChI=1S/C19H32N4O/c1-3-14-24-19(11-7-5-8-12-19)16-23-18(20-4-2)22-15-17-10-6-9-13-21-17/h6,9-10,13H,3-5,7-8,11-12,14-16H2,1-2H3,(H2,20,22,23). The maximum Gasteiger partial charge on any atom is 0.191 e. The minimum absolute atomic E-state index is 0.0323. The average Bonchev–Trinajstić information content (AvgIpc) is 2.64. The summed E-state index contributed by atoms with van der Waals surface area (Å²) < 4.78 is 6.25. The number of ether oxygens (including phenoxy) is 1. The number of hydrogen-bond donors (Lipinski definition) is 2. The van der Waals surface area contributed by atoms with E-state index in [9.17, 15) is 0 Å². The Hall–Kier alpha value is -1.62. The summed E-state index contributed by atoms with van der Waals surface area (Å²) in [6, 6.07) is 5.92. The largest absolute Gasteiger partial charge is 0.373 e. The highest BCUT2D eigenvalue weighted by molar-refractivity contribution is 5.79. The van der Waals surface area contributed by atoms with Crippen LogP contribution < -0.4 is 10.6 Å². The van der Waals surface area contributed by atoms with Gasteiger partial charge in [-0.15, -0.1) is 0 Å². The van der Waals surface area contributed by atoms with E-state index in [0.717, 1.165) is 50.6 Å². The molecule has 1 heterocycles. The molecule has 0 radical (unpaired) electrons. The summed E-state index contributed by atoms with van der Waals surface area (Å²) in [5, 5.41) is 6.82. The number of rotatable bonds is 8. The van der Waals surface area contributed by atoms with Crippen molar-refractivity contribution < 1.29 is 4.74 Å². The van der Waals surface area contributed by atoms with Gasteiger partial charge in [-0.3, -0.25) is 4.98 Å². The lowest BCUT2D eigenvalue weighted by Gasteiger charge is -2.37. The molecule has 24 heavy (non-hydrogen) atoms. The molecule has 5 nitrogen and oxygen atoms in total. The van der Waals surface area contributed by atoms with Crippen LogP contribution in [0.1, 0.15) is 58.1 Å². The second-order valence-electron chi connectivity index (χ2n) is 6.46. The van der Waals surface area contributed by atoms with Crippen molar-refractivity contribution in [2.24, 2.45) is 4.99 Å². The predicted octanol–water partition coefficient (Wildman–Crippen LogP) is 3.27. The monoisotopic (exact) mass is 332 g/mol. The molecule has 1 aromatic rings. The molecule has 0 saturated heterocycles. The Morgan fingerprint density at radius 3 is 2.71 bits per heavy atom. The molecule has 5 heteroatoms. The summed E-state index contributed by atoms with van der Waals surface area (Å²) in [5.74, 6) is 0.841. The molecule has 2 N–H and O–H groups in total. The normalized spacial score (nSPS) is 17.5. The summed E-state index contributed by atoms with van der Waals surface area (Å²) >= 11 is 0. The van der Waals surface area contributed by atoms with Crippen molar-refractivity contribution in [2.45, 2.75) is 64.5 Å². The van der Waals surface area contributed by atoms with E-state index in [1.807, 2.05) is 18.2 Å². The van der Waals surface area contributed by atoms with Crippen LogP contribution in [0.15, 0.2) is 29.4 Å². The third-order valence-corrected chi connectivity index (χ3v) is 4.42. The molecule has 134 valence electrons. The Labute approximate surface area is 146 Å². The van der Waals surface area contributed by atoms with Crippen LogP contribution in [0.4, 0.5) is 0 Å². The Morgan fingerprint density at radius 1 is 1.21 bits per heavy atom. The summed E-state index contributed by atoms with van der Waals surface area (Å²) in [5.41, 5.74) is 0.944. The quantitative estimate of drug-likeness (QED) is 0.567. The highest BCUT2D eigenvalue weighted by Crippen LogP contribution is 2.31. The lowest BCUT2D eigenvalue weighted by Crippen LogP contribution is -2.49. The van der Waals surface area contributed by atoms with Crippen molar-refractivity contribution in [1.82, 2.24) is 15.6 Å². The van der Waals surface area contributed by atoms with Gasteiger partial charge < -0.3 is 15.4 Å². The van der Waals surface area contributed by atoms with Crippen molar-refractivity contribution in [2.75, 3.05) is 19.7 Å². The van der Waals surface area contributed by atoms with Crippen LogP contribution in [0, 0.1) is 0 Å². The topological polar surface area (TPSA) is 58.5 Å². The van der Waals surface area contributed by atoms with Crippen LogP contribution in [0.2, 0.25) is 0 Å². The second kappa shape index (κ2) is 10.3. The summed E-state index contributed by atoms with van der Waals surface area (Å²) in [6.07, 6.45) is 8.99. The van der Waals surface area contributed by atoms with Gasteiger partial charge in [0.05, 0.1) is 17.8 Å². The molecule has 1 aliphatic rings. The van der Waals surface area contributed by atoms with Gasteiger partial charge >= 0.3 is 0 Å². The number of nitrogens with zero attached hydrogens (tertiary/aromatic N) is 2. The summed E-state index contributed by atoms with van der Waals surface area (Å²) in [4.78, 5) is 8.98. The van der Waals surface area contributed by atoms with Gasteiger partial charge in [0.1, 0.15) is 0 Å². The number of guanidine groups is 1. The van der Waals surface area contributed by atoms with E-state index in [0.29, 0.717) is 6.54 Å². The molecular formula is C19H32N4O. The number of aromatic nitrogens is 1. The Balaban J connectivity index is 1.94. The zero-order valence-electron chi connectivity index (χ0n) is 15.2. The number of pyridine rings is 1. The van der Waals surface area contributed by atoms with Crippen LogP contribution in [0.25, 0.3) is 0 Å². The lowest BCUT2D eigenvalue weighted by molar-refractivity contribution is -0.0657. The average molecular weight is 332 g/mol. The molecule has 1 saturated carbocycles. The van der Waals surface area contributed by atoms with E-state index in [-0.39, 0.29) is 5.60 Å². The van der Waals surface area contributed by atoms with Gasteiger partial charge in [-0.1, -0.05) is 32.3 Å². The van der Waals surface area contributed by atoms with Gasteiger partial charge in [-0.2, -0.15) is 0 Å². The van der Waals surface area contributed by atoms with E-state index in [2.05, 4.69) is 34.5 Å². The third kappa shape index (κ3) is 6.11. The number of hydrogen-bond acceptors (Lipinski definition) is 3. The molecule has 0 bridgehead atoms. The van der Waals surface area contributed by atoms with Crippen molar-refractivity contribution in [3.05, 3.63) is 30.1 Å². The molecule has 1 fully saturated rings. The van der Waals surface area contributed by atoms with Gasteiger partial charge in [-0.05, 0) is 38.3 Å². The van der Waals surface area contributed by atoms with Crippen LogP contribution in [0.3, 0.4) is 0 Å². The molecule has 0 aliphatic heterocycles. The third-order valence-electron chi connectivity index (χ3n) is 4.42. The Morgan fingerprint density at radius 2 is 2.04 bits per heavy atom. The second-order valence-corrected chi connectivity index (χ2v) is 6.46. The molecule has 0 amide bonds. The van der Waals surface area contributed by atoms with E-state index >= 15 is 0 Å². The molecule has 1 aliphatic carbocycles. The van der Waals surface area contributed by atoms with Crippen molar-refractivity contribution >= 4 is 5.96 Å². The first-order valence-electron chi connectivity index (χ1n) is 9.34. The maximum absolute atomic E-state index is 6.25. The Kier molecular flexibility index (Phi) is 8.02. The number of aliphatic imine (C=N–C) groups is 1. The van der Waals surface area contributed by atoms with Gasteiger partial charge in [0.2, 0.25) is 0 Å². The minimum Gasteiger partial charge on any atom is -0.373 e. The van der Waals surface area contributed by atoms with Gasteiger partial charge in [0.25, 0.3) is 0 Å². The highest BCUT2D eigenvalue weighted by Gasteiger charge is 2.32. The van der Waals surface area contributed by atoms with E-state index < -0.39 is 0 Å². The first kappa shape index (κ1) is 18.7. The fourth-order valence-electron chi connectivity index (χ4n) is 3.13. The van der Waals surface area contributed by atoms with E-state index in [1.165, 1.54) is 19.3 Å². The molecule has 0 atom stereocenters. The summed E-state index contributed by atoms with van der Waals surface area (Å²) in [7, 11) is 0. The minimum atomic E-state index is -0.0323. The Bertz CT molecular complexity index is 483. The molecular weight excluding hydrogens is 300 g/mol. The van der Waals surface area contributed by atoms with Gasteiger partial charge in [0.15, 0.2) is 5.96 Å². The highest BCUT2D eigenvalue weighted by atomic mass is 16.5. The molecule has 0 aromatic carbocycles. The zero-order chi connectivity index (χ0) is 17.1. The smallest absolute Gasteiger partial charge is 0.191 e. The molecule has 1 aromatic heterocycles. The first-order valence-corrected chi connectivity index (χ1v) is 9.34. The molecule has 0 unspecified atom stereocenters. The van der Waals surface area contributed by atoms with Crippen LogP contribution in [-0.2, 0) is 11.3 Å². The lowest BCUT2D eigenvalue weighted by atomic mass is 9.84. The fraction of sp³-hybridized carbons (Fsp3) is 0.684. The number of nitrogens with one attached hydrogen (secondary N) is 2. The van der Waals surface area contributed by atoms with Crippen molar-refractivity contribution in [3.63, 3.8) is 0 Å². The van der Waals surface area contributed by atoms with Crippen LogP contribution in [-0.4, -0.2) is 36.2 Å². The van der Waals surface area contributed by atoms with E-state index in [1.54, 1.807) is 6.20 Å². The summed E-state index contributed by atoms with van der Waals surface area (Å²) in [6.45, 7) is 7.34. The predicted molar refractivity (Wildman–Crippen MR) is 99.1 cm³/mol. The maximum atomic E-state index is 6.25. The molecule has 2 rings (SSSR count). The van der Waals surface area contributed by atoms with Crippen molar-refractivity contribution in [1.29, 1.82) is 0 Å². The zero-order valence-corrected chi connectivity index (χ0v) is 15.2. The SMILES string of the molecule is CCCOC1(CNC(=NCc2ccccn2)NCC)CCCCC1. The fourth-order valence-corrected chi connectivity index (χ4v) is 3.13. The first-order chi connectivity index (χ1) is 11.8. The van der Waals surface area contributed by atoms with Crippen LogP contribution >= 0.6 is 0 Å². The van der Waals surface area contributed by atoms with Crippen LogP contribution in [0.5, 0.6) is 0 Å². The van der Waals surface area contributed by atoms with Gasteiger partial charge in [0, 0.05) is 25.9 Å². The van der Waals surface area contributed by atoms with E-state index in [4.69, 9.17) is 4.74 Å². The van der Waals surface area contributed by atoms with Crippen molar-refractivity contribution in [3.8, 4) is 0 Å².